The number of halogens is 2. The maximum Gasteiger partial charge on any atom is 0.279 e. The molecular formula is C12H7I2NO3. The highest BCUT2D eigenvalue weighted by Crippen LogP contribution is 2.41. The molecule has 2 aromatic carbocycles. The Morgan fingerprint density at radius 1 is 1.17 bits per heavy atom. The van der Waals surface area contributed by atoms with Gasteiger partial charge in [-0.1, -0.05) is 30.3 Å². The lowest BCUT2D eigenvalue weighted by molar-refractivity contribution is -0.384. The van der Waals surface area contributed by atoms with Gasteiger partial charge in [0.05, 0.1) is 17.6 Å². The van der Waals surface area contributed by atoms with Crippen molar-refractivity contribution in [3.05, 3.63) is 53.7 Å². The second-order valence-corrected chi connectivity index (χ2v) is 5.78. The number of aromatic hydroxyl groups is 1. The van der Waals surface area contributed by atoms with Gasteiger partial charge in [0.2, 0.25) is 0 Å². The first-order valence-corrected chi connectivity index (χ1v) is 7.09. The number of benzene rings is 2. The number of nitro groups is 1. The molecule has 92 valence electrons. The first-order valence-electron chi connectivity index (χ1n) is 4.93. The van der Waals surface area contributed by atoms with Crippen molar-refractivity contribution in [2.45, 2.75) is 0 Å². The Kier molecular flexibility index (Phi) is 4.05. The first kappa shape index (κ1) is 13.5. The molecule has 0 spiro atoms. The molecule has 0 aliphatic heterocycles. The van der Waals surface area contributed by atoms with E-state index in [2.05, 4.69) is 0 Å². The first-order chi connectivity index (χ1) is 8.52. The van der Waals surface area contributed by atoms with Gasteiger partial charge in [-0.2, -0.15) is 0 Å². The predicted octanol–water partition coefficient (Wildman–Crippen LogP) is 4.18. The van der Waals surface area contributed by atoms with E-state index in [1.54, 1.807) is 12.1 Å². The van der Waals surface area contributed by atoms with Crippen LogP contribution in [0.1, 0.15) is 0 Å². The SMILES string of the molecule is O=[N+]([O-])c1cc(I)c(O)c(I)c1-c1ccccc1. The molecule has 6 heteroatoms. The van der Waals surface area contributed by atoms with Crippen LogP contribution in [-0.2, 0) is 0 Å². The molecule has 0 aliphatic rings. The number of hydrogen-bond acceptors (Lipinski definition) is 3. The third-order valence-electron chi connectivity index (χ3n) is 2.43. The van der Waals surface area contributed by atoms with Crippen LogP contribution in [-0.4, -0.2) is 10.0 Å². The minimum atomic E-state index is -0.425. The largest absolute Gasteiger partial charge is 0.506 e. The van der Waals surface area contributed by atoms with Crippen LogP contribution in [0.2, 0.25) is 0 Å². The van der Waals surface area contributed by atoms with E-state index in [0.717, 1.165) is 5.56 Å². The quantitative estimate of drug-likeness (QED) is 0.410. The number of phenolic OH excluding ortho intramolecular Hbond substituents is 1. The summed E-state index contributed by atoms with van der Waals surface area (Å²) in [4.78, 5) is 10.7. The summed E-state index contributed by atoms with van der Waals surface area (Å²) in [5.74, 6) is 0.0839. The maximum atomic E-state index is 11.1. The van der Waals surface area contributed by atoms with Crippen LogP contribution in [0.5, 0.6) is 5.75 Å². The molecule has 0 aromatic heterocycles. The van der Waals surface area contributed by atoms with E-state index in [0.29, 0.717) is 12.7 Å². The predicted molar refractivity (Wildman–Crippen MR) is 85.6 cm³/mol. The third-order valence-corrected chi connectivity index (χ3v) is 4.30. The molecule has 0 saturated carbocycles. The zero-order valence-corrected chi connectivity index (χ0v) is 13.2. The molecule has 0 radical (unpaired) electrons. The molecule has 0 aliphatic carbocycles. The minimum absolute atomic E-state index is 0.00722. The minimum Gasteiger partial charge on any atom is -0.506 e. The smallest absolute Gasteiger partial charge is 0.279 e. The van der Waals surface area contributed by atoms with Gasteiger partial charge in [-0.15, -0.1) is 0 Å². The van der Waals surface area contributed by atoms with Crippen LogP contribution < -0.4 is 0 Å². The Morgan fingerprint density at radius 2 is 1.78 bits per heavy atom. The van der Waals surface area contributed by atoms with Gasteiger partial charge in [-0.25, -0.2) is 0 Å². The Morgan fingerprint density at radius 3 is 2.33 bits per heavy atom. The highest BCUT2D eigenvalue weighted by molar-refractivity contribution is 14.1. The lowest BCUT2D eigenvalue weighted by Gasteiger charge is -2.09. The average molecular weight is 467 g/mol. The van der Waals surface area contributed by atoms with Crippen LogP contribution in [0, 0.1) is 17.3 Å². The van der Waals surface area contributed by atoms with E-state index in [-0.39, 0.29) is 11.4 Å². The summed E-state index contributed by atoms with van der Waals surface area (Å²) in [5, 5.41) is 21.0. The summed E-state index contributed by atoms with van der Waals surface area (Å²) in [6.45, 7) is 0. The molecule has 18 heavy (non-hydrogen) atoms. The zero-order chi connectivity index (χ0) is 13.3. The van der Waals surface area contributed by atoms with E-state index in [1.807, 2.05) is 63.4 Å². The molecular weight excluding hydrogens is 460 g/mol. The van der Waals surface area contributed by atoms with Gasteiger partial charge < -0.3 is 5.11 Å². The van der Waals surface area contributed by atoms with Crippen molar-refractivity contribution < 1.29 is 10.0 Å². The lowest BCUT2D eigenvalue weighted by Crippen LogP contribution is -1.96. The molecule has 2 aromatic rings. The molecule has 0 bridgehead atoms. The Balaban J connectivity index is 2.80. The van der Waals surface area contributed by atoms with Crippen molar-refractivity contribution in [1.82, 2.24) is 0 Å². The summed E-state index contributed by atoms with van der Waals surface area (Å²) in [6, 6.07) is 10.4. The number of phenols is 1. The van der Waals surface area contributed by atoms with Gasteiger partial charge >= 0.3 is 0 Å². The van der Waals surface area contributed by atoms with Gasteiger partial charge in [0.15, 0.2) is 0 Å². The number of nitro benzene ring substituents is 1. The van der Waals surface area contributed by atoms with Crippen LogP contribution in [0.25, 0.3) is 11.1 Å². The summed E-state index contributed by atoms with van der Waals surface area (Å²) < 4.78 is 0.973. The van der Waals surface area contributed by atoms with E-state index in [4.69, 9.17) is 0 Å². The molecule has 1 N–H and O–H groups in total. The second-order valence-electron chi connectivity index (χ2n) is 3.54. The summed E-state index contributed by atoms with van der Waals surface area (Å²) in [5.41, 5.74) is 1.19. The Hall–Kier alpha value is -0.900. The van der Waals surface area contributed by atoms with Crippen LogP contribution >= 0.6 is 45.2 Å². The van der Waals surface area contributed by atoms with Gasteiger partial charge in [-0.3, -0.25) is 10.1 Å². The molecule has 0 amide bonds. The fourth-order valence-electron chi connectivity index (χ4n) is 1.62. The Labute approximate surface area is 130 Å². The van der Waals surface area contributed by atoms with Gasteiger partial charge in [0.25, 0.3) is 5.69 Å². The van der Waals surface area contributed by atoms with Crippen LogP contribution in [0.3, 0.4) is 0 Å². The van der Waals surface area contributed by atoms with Crippen molar-refractivity contribution in [3.8, 4) is 16.9 Å². The van der Waals surface area contributed by atoms with Crippen molar-refractivity contribution in [3.63, 3.8) is 0 Å². The number of rotatable bonds is 2. The Bertz CT molecular complexity index is 614. The van der Waals surface area contributed by atoms with Crippen molar-refractivity contribution in [1.29, 1.82) is 0 Å². The van der Waals surface area contributed by atoms with Gasteiger partial charge in [0.1, 0.15) is 5.75 Å². The normalized spacial score (nSPS) is 10.3. The van der Waals surface area contributed by atoms with Crippen molar-refractivity contribution in [2.75, 3.05) is 0 Å². The lowest BCUT2D eigenvalue weighted by atomic mass is 10.0. The number of nitrogens with zero attached hydrogens (tertiary/aromatic N) is 1. The molecule has 2 rings (SSSR count). The van der Waals surface area contributed by atoms with E-state index in [9.17, 15) is 15.2 Å². The molecule has 0 heterocycles. The van der Waals surface area contributed by atoms with Crippen molar-refractivity contribution in [2.24, 2.45) is 0 Å². The zero-order valence-electron chi connectivity index (χ0n) is 8.93. The van der Waals surface area contributed by atoms with Crippen LogP contribution in [0.15, 0.2) is 36.4 Å². The molecule has 0 saturated heterocycles. The van der Waals surface area contributed by atoms with Crippen LogP contribution in [0.4, 0.5) is 5.69 Å². The van der Waals surface area contributed by atoms with E-state index in [1.165, 1.54) is 6.07 Å². The summed E-state index contributed by atoms with van der Waals surface area (Å²) in [7, 11) is 0. The molecule has 0 unspecified atom stereocenters. The molecule has 4 nitrogen and oxygen atoms in total. The molecule has 0 fully saturated rings. The monoisotopic (exact) mass is 467 g/mol. The average Bonchev–Trinajstić information content (AvgIpc) is 2.36. The molecule has 0 atom stereocenters. The number of hydrogen-bond donors (Lipinski definition) is 1. The third kappa shape index (κ3) is 2.44. The highest BCUT2D eigenvalue weighted by Gasteiger charge is 2.23. The van der Waals surface area contributed by atoms with Crippen molar-refractivity contribution >= 4 is 50.9 Å². The van der Waals surface area contributed by atoms with Gasteiger partial charge in [0, 0.05) is 6.07 Å². The standard InChI is InChI=1S/C12H7I2NO3/c13-8-6-9(15(17)18)10(11(14)12(8)16)7-4-2-1-3-5-7/h1-6,16H. The topological polar surface area (TPSA) is 63.4 Å². The fourth-order valence-corrected chi connectivity index (χ4v) is 3.58. The van der Waals surface area contributed by atoms with E-state index < -0.39 is 4.92 Å². The highest BCUT2D eigenvalue weighted by atomic mass is 127. The maximum absolute atomic E-state index is 11.1. The van der Waals surface area contributed by atoms with Gasteiger partial charge in [-0.05, 0) is 50.7 Å². The second kappa shape index (κ2) is 5.39. The summed E-state index contributed by atoms with van der Waals surface area (Å²) in [6.07, 6.45) is 0. The van der Waals surface area contributed by atoms with E-state index >= 15 is 0 Å². The fraction of sp³-hybridized carbons (Fsp3) is 0. The summed E-state index contributed by atoms with van der Waals surface area (Å²) >= 11 is 3.82.